The lowest BCUT2D eigenvalue weighted by molar-refractivity contribution is 0.0468. The Bertz CT molecular complexity index is 629. The summed E-state index contributed by atoms with van der Waals surface area (Å²) in [7, 11) is 0. The summed E-state index contributed by atoms with van der Waals surface area (Å²) in [5.74, 6) is 0.823. The molecule has 7 heteroatoms. The Morgan fingerprint density at radius 1 is 1.32 bits per heavy atom. The number of ether oxygens (including phenoxy) is 1. The lowest BCUT2D eigenvalue weighted by Crippen LogP contribution is -2.39. The average Bonchev–Trinajstić information content (AvgIpc) is 3.10. The summed E-state index contributed by atoms with van der Waals surface area (Å²) in [6.45, 7) is 5.00. The molecule has 0 aromatic carbocycles. The molecule has 6 nitrogen and oxygen atoms in total. The van der Waals surface area contributed by atoms with Crippen LogP contribution >= 0.6 is 11.3 Å². The van der Waals surface area contributed by atoms with E-state index in [2.05, 4.69) is 27.5 Å². The number of nitrogens with one attached hydrogen (secondary N) is 2. The molecule has 25 heavy (non-hydrogen) atoms. The van der Waals surface area contributed by atoms with Gasteiger partial charge in [-0.2, -0.15) is 0 Å². The summed E-state index contributed by atoms with van der Waals surface area (Å²) < 4.78 is 8.06. The van der Waals surface area contributed by atoms with Gasteiger partial charge in [0, 0.05) is 30.9 Å². The number of hydrogen-bond acceptors (Lipinski definition) is 4. The van der Waals surface area contributed by atoms with Crippen molar-refractivity contribution in [3.63, 3.8) is 0 Å². The van der Waals surface area contributed by atoms with Crippen LogP contribution in [0.3, 0.4) is 0 Å². The predicted octanol–water partition coefficient (Wildman–Crippen LogP) is 3.19. The molecule has 0 radical (unpaired) electrons. The lowest BCUT2D eigenvalue weighted by atomic mass is 10.1. The van der Waals surface area contributed by atoms with Crippen LogP contribution in [-0.4, -0.2) is 41.1 Å². The lowest BCUT2D eigenvalue weighted by Gasteiger charge is -2.16. The second-order valence-corrected chi connectivity index (χ2v) is 7.30. The quantitative estimate of drug-likeness (QED) is 0.343. The van der Waals surface area contributed by atoms with Gasteiger partial charge in [-0.25, -0.2) is 9.98 Å². The molecule has 0 unspecified atom stereocenters. The number of aliphatic imine (C=N–C) groups is 1. The summed E-state index contributed by atoms with van der Waals surface area (Å²) in [4.78, 5) is 10.2. The first-order chi connectivity index (χ1) is 12.3. The third kappa shape index (κ3) is 5.71. The molecular weight excluding hydrogens is 334 g/mol. The smallest absolute Gasteiger partial charge is 0.193 e. The molecule has 2 aromatic rings. The summed E-state index contributed by atoms with van der Waals surface area (Å²) in [6.07, 6.45) is 12.3. The van der Waals surface area contributed by atoms with E-state index in [4.69, 9.17) is 4.74 Å². The molecule has 2 aromatic heterocycles. The summed E-state index contributed by atoms with van der Waals surface area (Å²) in [6, 6.07) is 0. The van der Waals surface area contributed by atoms with Gasteiger partial charge in [0.15, 0.2) is 10.9 Å². The third-order valence-electron chi connectivity index (χ3n) is 4.44. The molecule has 0 saturated heterocycles. The Kier molecular flexibility index (Phi) is 7.11. The molecule has 3 rings (SSSR count). The van der Waals surface area contributed by atoms with Crippen LogP contribution in [0.5, 0.6) is 0 Å². The first-order valence-electron chi connectivity index (χ1n) is 9.40. The number of aromatic nitrogens is 2. The Hall–Kier alpha value is -1.60. The van der Waals surface area contributed by atoms with Crippen molar-refractivity contribution < 1.29 is 4.74 Å². The zero-order valence-corrected chi connectivity index (χ0v) is 15.9. The van der Waals surface area contributed by atoms with Gasteiger partial charge in [-0.3, -0.25) is 4.40 Å². The highest BCUT2D eigenvalue weighted by atomic mass is 32.1. The zero-order valence-electron chi connectivity index (χ0n) is 15.0. The molecule has 1 saturated carbocycles. The fourth-order valence-corrected chi connectivity index (χ4v) is 3.88. The van der Waals surface area contributed by atoms with Crippen molar-refractivity contribution in [3.05, 3.63) is 23.5 Å². The van der Waals surface area contributed by atoms with Crippen molar-refractivity contribution >= 4 is 22.3 Å². The van der Waals surface area contributed by atoms with Crippen molar-refractivity contribution in [1.82, 2.24) is 20.0 Å². The number of nitrogens with zero attached hydrogens (tertiary/aromatic N) is 3. The van der Waals surface area contributed by atoms with Gasteiger partial charge >= 0.3 is 0 Å². The van der Waals surface area contributed by atoms with E-state index in [9.17, 15) is 0 Å². The van der Waals surface area contributed by atoms with Crippen LogP contribution in [0, 0.1) is 0 Å². The normalized spacial score (nSPS) is 16.9. The largest absolute Gasteiger partial charge is 0.376 e. The molecule has 2 N–H and O–H groups in total. The predicted molar refractivity (Wildman–Crippen MR) is 103 cm³/mol. The Balaban J connectivity index is 1.42. The number of hydrogen-bond donors (Lipinski definition) is 2. The molecule has 0 spiro atoms. The van der Waals surface area contributed by atoms with Crippen molar-refractivity contribution in [2.24, 2.45) is 4.99 Å². The highest BCUT2D eigenvalue weighted by Crippen LogP contribution is 2.19. The molecule has 0 atom stereocenters. The molecule has 2 heterocycles. The van der Waals surface area contributed by atoms with Crippen LogP contribution in [0.25, 0.3) is 4.96 Å². The highest BCUT2D eigenvalue weighted by Gasteiger charge is 2.12. The maximum atomic E-state index is 6.02. The minimum Gasteiger partial charge on any atom is -0.376 e. The molecule has 1 aliphatic carbocycles. The SMILES string of the molecule is CCNC(=NCc1cn2ccsc2n1)NCCOC1CCCCCC1. The molecule has 138 valence electrons. The standard InChI is InChI=1S/C18H29N5OS/c1-2-19-17(20-9-11-24-16-7-5-3-4-6-8-16)21-13-15-14-23-10-12-25-18(23)22-15/h10,12,14,16H,2-9,11,13H2,1H3,(H2,19,20,21). The maximum Gasteiger partial charge on any atom is 0.193 e. The van der Waals surface area contributed by atoms with Gasteiger partial charge in [-0.05, 0) is 19.8 Å². The van der Waals surface area contributed by atoms with Crippen LogP contribution in [0.4, 0.5) is 0 Å². The van der Waals surface area contributed by atoms with Crippen molar-refractivity contribution in [3.8, 4) is 0 Å². The van der Waals surface area contributed by atoms with E-state index in [0.29, 0.717) is 12.6 Å². The van der Waals surface area contributed by atoms with E-state index >= 15 is 0 Å². The fourth-order valence-electron chi connectivity index (χ4n) is 3.16. The maximum absolute atomic E-state index is 6.02. The second-order valence-electron chi connectivity index (χ2n) is 6.43. The van der Waals surface area contributed by atoms with Crippen LogP contribution < -0.4 is 10.6 Å². The van der Waals surface area contributed by atoms with Crippen LogP contribution in [-0.2, 0) is 11.3 Å². The van der Waals surface area contributed by atoms with Crippen LogP contribution in [0.2, 0.25) is 0 Å². The minimum atomic E-state index is 0.447. The van der Waals surface area contributed by atoms with Gasteiger partial charge in [0.2, 0.25) is 0 Å². The minimum absolute atomic E-state index is 0.447. The van der Waals surface area contributed by atoms with E-state index < -0.39 is 0 Å². The van der Waals surface area contributed by atoms with Crippen molar-refractivity contribution in [2.75, 3.05) is 19.7 Å². The highest BCUT2D eigenvalue weighted by molar-refractivity contribution is 7.15. The summed E-state index contributed by atoms with van der Waals surface area (Å²) in [5.41, 5.74) is 0.985. The van der Waals surface area contributed by atoms with Crippen LogP contribution in [0.15, 0.2) is 22.8 Å². The third-order valence-corrected chi connectivity index (χ3v) is 5.21. The second kappa shape index (κ2) is 9.77. The van der Waals surface area contributed by atoms with E-state index in [1.807, 2.05) is 22.2 Å². The van der Waals surface area contributed by atoms with Gasteiger partial charge in [-0.1, -0.05) is 25.7 Å². The molecule has 0 amide bonds. The first-order valence-corrected chi connectivity index (χ1v) is 10.3. The number of guanidine groups is 1. The number of imidazole rings is 1. The van der Waals surface area contributed by atoms with E-state index in [0.717, 1.165) is 36.3 Å². The topological polar surface area (TPSA) is 63.0 Å². The van der Waals surface area contributed by atoms with Gasteiger partial charge in [0.05, 0.1) is 24.9 Å². The molecular formula is C18H29N5OS. The molecule has 1 fully saturated rings. The molecule has 0 bridgehead atoms. The number of thiazole rings is 1. The van der Waals surface area contributed by atoms with Crippen LogP contribution in [0.1, 0.15) is 51.1 Å². The molecule has 1 aliphatic rings. The summed E-state index contributed by atoms with van der Waals surface area (Å²) >= 11 is 1.64. The van der Waals surface area contributed by atoms with E-state index in [-0.39, 0.29) is 0 Å². The Labute approximate surface area is 153 Å². The average molecular weight is 364 g/mol. The first kappa shape index (κ1) is 18.2. The zero-order chi connectivity index (χ0) is 17.3. The van der Waals surface area contributed by atoms with Gasteiger partial charge in [-0.15, -0.1) is 11.3 Å². The number of fused-ring (bicyclic) bond motifs is 1. The van der Waals surface area contributed by atoms with Gasteiger partial charge in [0.25, 0.3) is 0 Å². The fraction of sp³-hybridized carbons (Fsp3) is 0.667. The Morgan fingerprint density at radius 2 is 2.16 bits per heavy atom. The monoisotopic (exact) mass is 363 g/mol. The Morgan fingerprint density at radius 3 is 2.92 bits per heavy atom. The van der Waals surface area contributed by atoms with Gasteiger partial charge < -0.3 is 15.4 Å². The van der Waals surface area contributed by atoms with Crippen molar-refractivity contribution in [2.45, 2.75) is 58.1 Å². The molecule has 0 aliphatic heterocycles. The van der Waals surface area contributed by atoms with E-state index in [1.54, 1.807) is 11.3 Å². The van der Waals surface area contributed by atoms with Crippen molar-refractivity contribution in [1.29, 1.82) is 0 Å². The van der Waals surface area contributed by atoms with Gasteiger partial charge in [0.1, 0.15) is 0 Å². The summed E-state index contributed by atoms with van der Waals surface area (Å²) in [5, 5.41) is 8.67. The van der Waals surface area contributed by atoms with E-state index in [1.165, 1.54) is 38.5 Å². The number of rotatable bonds is 7.